The summed E-state index contributed by atoms with van der Waals surface area (Å²) in [6.07, 6.45) is 1.49. The smallest absolute Gasteiger partial charge is 0.344 e. The van der Waals surface area contributed by atoms with Gasteiger partial charge in [-0.2, -0.15) is 5.26 Å². The normalized spacial score (nSPS) is 10.7. The maximum absolute atomic E-state index is 12.4. The van der Waals surface area contributed by atoms with E-state index in [9.17, 15) is 14.9 Å². The Morgan fingerprint density at radius 2 is 1.83 bits per heavy atom. The lowest BCUT2D eigenvalue weighted by atomic mass is 10.1. The van der Waals surface area contributed by atoms with Crippen LogP contribution in [-0.4, -0.2) is 31.7 Å². The number of anilines is 1. The molecule has 0 saturated carbocycles. The van der Waals surface area contributed by atoms with Gasteiger partial charge in [0.25, 0.3) is 5.91 Å². The highest BCUT2D eigenvalue weighted by Gasteiger charge is 2.11. The number of benzene rings is 2. The first kappa shape index (κ1) is 23.2. The number of amides is 1. The number of esters is 1. The fourth-order valence-electron chi connectivity index (χ4n) is 2.38. The Hall–Kier alpha value is -3.06. The van der Waals surface area contributed by atoms with Crippen LogP contribution >= 0.6 is 22.6 Å². The lowest BCUT2D eigenvalue weighted by Gasteiger charge is -2.09. The van der Waals surface area contributed by atoms with Crippen molar-refractivity contribution in [3.8, 4) is 17.6 Å². The van der Waals surface area contributed by atoms with Crippen LogP contribution in [-0.2, 0) is 14.3 Å². The molecule has 0 unspecified atom stereocenters. The van der Waals surface area contributed by atoms with Crippen molar-refractivity contribution in [1.82, 2.24) is 0 Å². The van der Waals surface area contributed by atoms with Crippen LogP contribution in [0.4, 0.5) is 5.69 Å². The molecule has 0 spiro atoms. The van der Waals surface area contributed by atoms with E-state index in [4.69, 9.17) is 14.2 Å². The summed E-state index contributed by atoms with van der Waals surface area (Å²) in [5.74, 6) is 0.249. The van der Waals surface area contributed by atoms with Crippen LogP contribution in [0.5, 0.6) is 11.5 Å². The number of nitrogens with zero attached hydrogens (tertiary/aromatic N) is 1. The average molecular weight is 520 g/mol. The first-order valence-electron chi connectivity index (χ1n) is 9.20. The van der Waals surface area contributed by atoms with E-state index in [-0.39, 0.29) is 12.2 Å². The first-order valence-corrected chi connectivity index (χ1v) is 10.3. The van der Waals surface area contributed by atoms with Crippen LogP contribution in [0.3, 0.4) is 0 Å². The van der Waals surface area contributed by atoms with Crippen molar-refractivity contribution < 1.29 is 23.8 Å². The van der Waals surface area contributed by atoms with Gasteiger partial charge in [-0.05, 0) is 84.5 Å². The molecular formula is C22H21IN2O5. The summed E-state index contributed by atoms with van der Waals surface area (Å²) in [5, 5.41) is 12.1. The van der Waals surface area contributed by atoms with E-state index < -0.39 is 11.9 Å². The predicted octanol–water partition coefficient (Wildman–Crippen LogP) is 4.18. The molecule has 0 heterocycles. The number of hydrogen-bond acceptors (Lipinski definition) is 6. The van der Waals surface area contributed by atoms with Gasteiger partial charge in [-0.1, -0.05) is 6.07 Å². The molecule has 1 amide bonds. The van der Waals surface area contributed by atoms with E-state index in [1.807, 2.05) is 13.0 Å². The SMILES string of the molecule is CCOC(=O)COc1ccc(/C=C(/C#N)C(=O)Nc2ccc(OCC)cc2)cc1I. The average Bonchev–Trinajstić information content (AvgIpc) is 2.73. The van der Waals surface area contributed by atoms with Gasteiger partial charge in [0.2, 0.25) is 0 Å². The molecule has 0 aliphatic carbocycles. The van der Waals surface area contributed by atoms with Gasteiger partial charge < -0.3 is 19.5 Å². The van der Waals surface area contributed by atoms with Crippen LogP contribution in [0, 0.1) is 14.9 Å². The Balaban J connectivity index is 2.07. The Labute approximate surface area is 188 Å². The molecule has 30 heavy (non-hydrogen) atoms. The lowest BCUT2D eigenvalue weighted by Crippen LogP contribution is -2.15. The molecule has 2 aromatic carbocycles. The molecule has 1 N–H and O–H groups in total. The quantitative estimate of drug-likeness (QED) is 0.231. The molecule has 0 radical (unpaired) electrons. The monoisotopic (exact) mass is 520 g/mol. The summed E-state index contributed by atoms with van der Waals surface area (Å²) in [6, 6.07) is 13.9. The van der Waals surface area contributed by atoms with Crippen molar-refractivity contribution in [2.75, 3.05) is 25.1 Å². The van der Waals surface area contributed by atoms with Crippen molar-refractivity contribution in [2.45, 2.75) is 13.8 Å². The molecule has 156 valence electrons. The third kappa shape index (κ3) is 7.08. The van der Waals surface area contributed by atoms with E-state index in [0.717, 1.165) is 3.57 Å². The van der Waals surface area contributed by atoms with E-state index in [0.29, 0.717) is 36.0 Å². The minimum Gasteiger partial charge on any atom is -0.494 e. The molecule has 2 aromatic rings. The molecule has 0 bridgehead atoms. The fraction of sp³-hybridized carbons (Fsp3) is 0.227. The van der Waals surface area contributed by atoms with Crippen LogP contribution in [0.25, 0.3) is 6.08 Å². The molecule has 8 heteroatoms. The summed E-state index contributed by atoms with van der Waals surface area (Å²) in [4.78, 5) is 23.8. The largest absolute Gasteiger partial charge is 0.494 e. The van der Waals surface area contributed by atoms with Gasteiger partial charge in [-0.25, -0.2) is 4.79 Å². The lowest BCUT2D eigenvalue weighted by molar-refractivity contribution is -0.145. The highest BCUT2D eigenvalue weighted by Crippen LogP contribution is 2.24. The topological polar surface area (TPSA) is 97.7 Å². The van der Waals surface area contributed by atoms with Gasteiger partial charge in [0.1, 0.15) is 23.1 Å². The third-order valence-electron chi connectivity index (χ3n) is 3.71. The molecular weight excluding hydrogens is 499 g/mol. The summed E-state index contributed by atoms with van der Waals surface area (Å²) in [7, 11) is 0. The minimum absolute atomic E-state index is 0.0418. The Bertz CT molecular complexity index is 964. The molecule has 0 fully saturated rings. The van der Waals surface area contributed by atoms with Gasteiger partial charge in [-0.3, -0.25) is 4.79 Å². The summed E-state index contributed by atoms with van der Waals surface area (Å²) < 4.78 is 16.4. The minimum atomic E-state index is -0.515. The van der Waals surface area contributed by atoms with Crippen molar-refractivity contribution in [2.24, 2.45) is 0 Å². The standard InChI is InChI=1S/C22H21IN2O5/c1-3-28-18-8-6-17(7-9-18)25-22(27)16(13-24)11-15-5-10-20(19(23)12-15)30-14-21(26)29-4-2/h5-12H,3-4,14H2,1-2H3,(H,25,27)/b16-11-. The number of hydrogen-bond donors (Lipinski definition) is 1. The molecule has 0 aromatic heterocycles. The zero-order valence-electron chi connectivity index (χ0n) is 16.6. The number of halogens is 1. The maximum Gasteiger partial charge on any atom is 0.344 e. The van der Waals surface area contributed by atoms with E-state index in [2.05, 4.69) is 27.9 Å². The van der Waals surface area contributed by atoms with Gasteiger partial charge in [0.15, 0.2) is 6.61 Å². The van der Waals surface area contributed by atoms with Crippen LogP contribution in [0.2, 0.25) is 0 Å². The number of rotatable bonds is 9. The van der Waals surface area contributed by atoms with Crippen molar-refractivity contribution in [1.29, 1.82) is 5.26 Å². The van der Waals surface area contributed by atoms with Crippen molar-refractivity contribution >= 4 is 46.2 Å². The number of carbonyl (C=O) groups excluding carboxylic acids is 2. The third-order valence-corrected chi connectivity index (χ3v) is 4.55. The van der Waals surface area contributed by atoms with Crippen LogP contribution < -0.4 is 14.8 Å². The predicted molar refractivity (Wildman–Crippen MR) is 121 cm³/mol. The number of nitriles is 1. The Morgan fingerprint density at radius 1 is 1.10 bits per heavy atom. The van der Waals surface area contributed by atoms with Gasteiger partial charge in [-0.15, -0.1) is 0 Å². The summed E-state index contributed by atoms with van der Waals surface area (Å²) >= 11 is 2.06. The highest BCUT2D eigenvalue weighted by atomic mass is 127. The summed E-state index contributed by atoms with van der Waals surface area (Å²) in [5.41, 5.74) is 1.17. The summed E-state index contributed by atoms with van der Waals surface area (Å²) in [6.45, 7) is 4.27. The van der Waals surface area contributed by atoms with E-state index in [1.165, 1.54) is 6.08 Å². The number of nitrogens with one attached hydrogen (secondary N) is 1. The zero-order chi connectivity index (χ0) is 21.9. The zero-order valence-corrected chi connectivity index (χ0v) is 18.8. The first-order chi connectivity index (χ1) is 14.5. The molecule has 7 nitrogen and oxygen atoms in total. The molecule has 2 rings (SSSR count). The molecule has 0 aliphatic heterocycles. The van der Waals surface area contributed by atoms with Crippen molar-refractivity contribution in [3.05, 3.63) is 57.2 Å². The number of carbonyl (C=O) groups is 2. The highest BCUT2D eigenvalue weighted by molar-refractivity contribution is 14.1. The van der Waals surface area contributed by atoms with Crippen LogP contribution in [0.1, 0.15) is 19.4 Å². The van der Waals surface area contributed by atoms with Crippen LogP contribution in [0.15, 0.2) is 48.0 Å². The van der Waals surface area contributed by atoms with Gasteiger partial charge in [0.05, 0.1) is 16.8 Å². The second-order valence-electron chi connectivity index (χ2n) is 5.86. The van der Waals surface area contributed by atoms with E-state index in [1.54, 1.807) is 49.4 Å². The molecule has 0 saturated heterocycles. The van der Waals surface area contributed by atoms with Gasteiger partial charge in [0, 0.05) is 5.69 Å². The Kier molecular flexibility index (Phi) is 9.15. The van der Waals surface area contributed by atoms with Gasteiger partial charge >= 0.3 is 5.97 Å². The second kappa shape index (κ2) is 11.8. The Morgan fingerprint density at radius 3 is 2.43 bits per heavy atom. The maximum atomic E-state index is 12.4. The molecule has 0 aliphatic rings. The van der Waals surface area contributed by atoms with Crippen molar-refractivity contribution in [3.63, 3.8) is 0 Å². The van der Waals surface area contributed by atoms with E-state index >= 15 is 0 Å². The molecule has 0 atom stereocenters. The second-order valence-corrected chi connectivity index (χ2v) is 7.03. The fourth-order valence-corrected chi connectivity index (χ4v) is 3.07. The number of ether oxygens (including phenoxy) is 3.